The zero-order valence-electron chi connectivity index (χ0n) is 16.9. The summed E-state index contributed by atoms with van der Waals surface area (Å²) in [5.41, 5.74) is 5.15. The minimum atomic E-state index is 0.0310. The van der Waals surface area contributed by atoms with Gasteiger partial charge in [-0.05, 0) is 50.5 Å². The molecule has 5 nitrogen and oxygen atoms in total. The summed E-state index contributed by atoms with van der Waals surface area (Å²) < 4.78 is 0. The summed E-state index contributed by atoms with van der Waals surface area (Å²) in [7, 11) is 0. The van der Waals surface area contributed by atoms with Crippen molar-refractivity contribution in [2.45, 2.75) is 26.7 Å². The van der Waals surface area contributed by atoms with E-state index >= 15 is 0 Å². The van der Waals surface area contributed by atoms with E-state index in [4.69, 9.17) is 0 Å². The van der Waals surface area contributed by atoms with Gasteiger partial charge in [-0.25, -0.2) is 0 Å². The van der Waals surface area contributed by atoms with E-state index in [1.165, 1.54) is 5.56 Å². The van der Waals surface area contributed by atoms with Crippen molar-refractivity contribution in [3.63, 3.8) is 0 Å². The van der Waals surface area contributed by atoms with Crippen LogP contribution in [0.25, 0.3) is 11.3 Å². The third kappa shape index (κ3) is 4.45. The van der Waals surface area contributed by atoms with Gasteiger partial charge in [0.25, 0.3) is 0 Å². The van der Waals surface area contributed by atoms with Crippen LogP contribution < -0.4 is 10.2 Å². The molecule has 1 N–H and O–H groups in total. The third-order valence-electron chi connectivity index (χ3n) is 5.55. The van der Waals surface area contributed by atoms with Crippen LogP contribution in [0.3, 0.4) is 0 Å². The second kappa shape index (κ2) is 8.43. The Morgan fingerprint density at radius 3 is 2.38 bits per heavy atom. The number of aryl methyl sites for hydroxylation is 2. The maximum absolute atomic E-state index is 12.7. The quantitative estimate of drug-likeness (QED) is 0.711. The van der Waals surface area contributed by atoms with Crippen LogP contribution in [0.15, 0.2) is 60.7 Å². The fraction of sp³-hybridized carbons (Fsp3) is 0.292. The van der Waals surface area contributed by atoms with Gasteiger partial charge in [0.1, 0.15) is 0 Å². The Kier molecular flexibility index (Phi) is 5.56. The Morgan fingerprint density at radius 2 is 1.72 bits per heavy atom. The molecule has 0 saturated carbocycles. The van der Waals surface area contributed by atoms with E-state index in [1.807, 2.05) is 61.5 Å². The van der Waals surface area contributed by atoms with Crippen LogP contribution >= 0.6 is 0 Å². The molecule has 0 unspecified atom stereocenters. The summed E-state index contributed by atoms with van der Waals surface area (Å²) >= 11 is 0. The van der Waals surface area contributed by atoms with E-state index in [0.717, 1.165) is 54.3 Å². The lowest BCUT2D eigenvalue weighted by Crippen LogP contribution is -2.38. The fourth-order valence-corrected chi connectivity index (χ4v) is 3.82. The van der Waals surface area contributed by atoms with Crippen LogP contribution in [0, 0.1) is 19.8 Å². The molecule has 2 heterocycles. The minimum absolute atomic E-state index is 0.0310. The summed E-state index contributed by atoms with van der Waals surface area (Å²) in [6.45, 7) is 5.71. The summed E-state index contributed by atoms with van der Waals surface area (Å²) in [5, 5.41) is 11.9. The standard InChI is InChI=1S/C24H26N4O/c1-17-8-9-21(18(2)16-17)25-24(29)20-12-14-28(15-13-20)23-11-10-22(26-27-23)19-6-4-3-5-7-19/h3-11,16,20H,12-15H2,1-2H3,(H,25,29). The number of benzene rings is 2. The zero-order chi connectivity index (χ0) is 20.2. The molecule has 0 spiro atoms. The molecule has 0 aliphatic carbocycles. The van der Waals surface area contributed by atoms with Crippen LogP contribution in [-0.4, -0.2) is 29.2 Å². The number of rotatable bonds is 4. The number of hydrogen-bond donors (Lipinski definition) is 1. The second-order valence-electron chi connectivity index (χ2n) is 7.71. The number of anilines is 2. The van der Waals surface area contributed by atoms with Gasteiger partial charge in [-0.15, -0.1) is 10.2 Å². The Balaban J connectivity index is 1.35. The molecule has 3 aromatic rings. The van der Waals surface area contributed by atoms with Crippen molar-refractivity contribution in [1.82, 2.24) is 10.2 Å². The predicted octanol–water partition coefficient (Wildman–Crippen LogP) is 4.62. The first kappa shape index (κ1) is 19.1. The molecule has 1 aromatic heterocycles. The molecule has 0 atom stereocenters. The van der Waals surface area contributed by atoms with Gasteiger partial charge in [0.15, 0.2) is 5.82 Å². The van der Waals surface area contributed by atoms with Crippen LogP contribution in [0.5, 0.6) is 0 Å². The SMILES string of the molecule is Cc1ccc(NC(=O)C2CCN(c3ccc(-c4ccccc4)nn3)CC2)c(C)c1. The average Bonchev–Trinajstić information content (AvgIpc) is 2.76. The Labute approximate surface area is 171 Å². The normalized spacial score (nSPS) is 14.6. The van der Waals surface area contributed by atoms with Gasteiger partial charge < -0.3 is 10.2 Å². The van der Waals surface area contributed by atoms with E-state index in [1.54, 1.807) is 0 Å². The van der Waals surface area contributed by atoms with Gasteiger partial charge in [-0.1, -0.05) is 48.0 Å². The van der Waals surface area contributed by atoms with E-state index in [9.17, 15) is 4.79 Å². The molecule has 0 bridgehead atoms. The molecule has 4 rings (SSSR count). The van der Waals surface area contributed by atoms with Gasteiger partial charge in [-0.3, -0.25) is 4.79 Å². The van der Waals surface area contributed by atoms with E-state index in [2.05, 4.69) is 33.4 Å². The number of aromatic nitrogens is 2. The summed E-state index contributed by atoms with van der Waals surface area (Å²) in [5.74, 6) is 1.02. The van der Waals surface area contributed by atoms with E-state index in [0.29, 0.717) is 0 Å². The molecule has 1 fully saturated rings. The topological polar surface area (TPSA) is 58.1 Å². The first-order valence-corrected chi connectivity index (χ1v) is 10.1. The minimum Gasteiger partial charge on any atom is -0.355 e. The maximum Gasteiger partial charge on any atom is 0.227 e. The van der Waals surface area contributed by atoms with E-state index in [-0.39, 0.29) is 11.8 Å². The molecular formula is C24H26N4O. The molecule has 148 valence electrons. The number of piperidine rings is 1. The van der Waals surface area contributed by atoms with Crippen molar-refractivity contribution < 1.29 is 4.79 Å². The van der Waals surface area contributed by atoms with Crippen molar-refractivity contribution >= 4 is 17.4 Å². The highest BCUT2D eigenvalue weighted by Crippen LogP contribution is 2.25. The van der Waals surface area contributed by atoms with E-state index < -0.39 is 0 Å². The van der Waals surface area contributed by atoms with Crippen LogP contribution in [-0.2, 0) is 4.79 Å². The van der Waals surface area contributed by atoms with Crippen molar-refractivity contribution in [1.29, 1.82) is 0 Å². The molecule has 2 aromatic carbocycles. The van der Waals surface area contributed by atoms with Crippen LogP contribution in [0.2, 0.25) is 0 Å². The maximum atomic E-state index is 12.7. The average molecular weight is 386 g/mol. The molecule has 1 aliphatic rings. The highest BCUT2D eigenvalue weighted by Gasteiger charge is 2.26. The van der Waals surface area contributed by atoms with Gasteiger partial charge in [0, 0.05) is 30.3 Å². The van der Waals surface area contributed by atoms with Crippen LogP contribution in [0.4, 0.5) is 11.5 Å². The number of hydrogen-bond acceptors (Lipinski definition) is 4. The number of carbonyl (C=O) groups is 1. The first-order valence-electron chi connectivity index (χ1n) is 10.1. The van der Waals surface area contributed by atoms with Crippen molar-refractivity contribution in [3.8, 4) is 11.3 Å². The molecule has 1 amide bonds. The lowest BCUT2D eigenvalue weighted by atomic mass is 9.95. The van der Waals surface area contributed by atoms with Crippen molar-refractivity contribution in [2.75, 3.05) is 23.3 Å². The summed E-state index contributed by atoms with van der Waals surface area (Å²) in [6.07, 6.45) is 1.64. The molecule has 0 radical (unpaired) electrons. The molecule has 29 heavy (non-hydrogen) atoms. The fourth-order valence-electron chi connectivity index (χ4n) is 3.82. The molecule has 1 aliphatic heterocycles. The number of carbonyl (C=O) groups excluding carboxylic acids is 1. The van der Waals surface area contributed by atoms with Crippen molar-refractivity contribution in [3.05, 3.63) is 71.8 Å². The molecule has 5 heteroatoms. The second-order valence-corrected chi connectivity index (χ2v) is 7.71. The highest BCUT2D eigenvalue weighted by molar-refractivity contribution is 5.93. The lowest BCUT2D eigenvalue weighted by Gasteiger charge is -2.32. The largest absolute Gasteiger partial charge is 0.355 e. The first-order chi connectivity index (χ1) is 14.1. The Bertz CT molecular complexity index is 978. The highest BCUT2D eigenvalue weighted by atomic mass is 16.1. The lowest BCUT2D eigenvalue weighted by molar-refractivity contribution is -0.120. The number of nitrogens with one attached hydrogen (secondary N) is 1. The van der Waals surface area contributed by atoms with Gasteiger partial charge in [0.2, 0.25) is 5.91 Å². The number of amides is 1. The monoisotopic (exact) mass is 386 g/mol. The smallest absolute Gasteiger partial charge is 0.227 e. The van der Waals surface area contributed by atoms with Crippen LogP contribution in [0.1, 0.15) is 24.0 Å². The number of nitrogens with zero attached hydrogens (tertiary/aromatic N) is 3. The van der Waals surface area contributed by atoms with Gasteiger partial charge in [0.05, 0.1) is 5.69 Å². The van der Waals surface area contributed by atoms with Gasteiger partial charge >= 0.3 is 0 Å². The zero-order valence-corrected chi connectivity index (χ0v) is 16.9. The Morgan fingerprint density at radius 1 is 0.966 bits per heavy atom. The Hall–Kier alpha value is -3.21. The van der Waals surface area contributed by atoms with Gasteiger partial charge in [-0.2, -0.15) is 0 Å². The molecular weight excluding hydrogens is 360 g/mol. The van der Waals surface area contributed by atoms with Crippen molar-refractivity contribution in [2.24, 2.45) is 5.92 Å². The summed E-state index contributed by atoms with van der Waals surface area (Å²) in [4.78, 5) is 14.9. The molecule has 1 saturated heterocycles. The summed E-state index contributed by atoms with van der Waals surface area (Å²) in [6, 6.07) is 20.2. The third-order valence-corrected chi connectivity index (χ3v) is 5.55. The predicted molar refractivity (Wildman–Crippen MR) is 117 cm³/mol.